The number of nitrogens with two attached hydrogens (primary N) is 1. The molecule has 162 valence electrons. The highest BCUT2D eigenvalue weighted by atomic mass is 35.5. The lowest BCUT2D eigenvalue weighted by Crippen LogP contribution is -2.31. The summed E-state index contributed by atoms with van der Waals surface area (Å²) in [5.41, 5.74) is 9.49. The fourth-order valence-corrected chi connectivity index (χ4v) is 3.68. The number of rotatable bonds is 6. The third kappa shape index (κ3) is 4.78. The number of imidazole rings is 1. The van der Waals surface area contributed by atoms with Crippen LogP contribution in [0.15, 0.2) is 30.9 Å². The summed E-state index contributed by atoms with van der Waals surface area (Å²) in [5.74, 6) is 0.0544. The van der Waals surface area contributed by atoms with Crippen molar-refractivity contribution in [3.8, 4) is 0 Å². The number of benzene rings is 1. The Hall–Kier alpha value is -3.17. The van der Waals surface area contributed by atoms with Crippen LogP contribution < -0.4 is 11.1 Å². The first-order valence-corrected chi connectivity index (χ1v) is 10.2. The topological polar surface area (TPSA) is 124 Å². The summed E-state index contributed by atoms with van der Waals surface area (Å²) in [4.78, 5) is 27.9. The van der Waals surface area contributed by atoms with Crippen molar-refractivity contribution in [1.82, 2.24) is 29.8 Å². The van der Waals surface area contributed by atoms with Crippen LogP contribution in [0.2, 0.25) is 5.02 Å². The molecule has 0 bridgehead atoms. The highest BCUT2D eigenvalue weighted by molar-refractivity contribution is 6.31. The van der Waals surface area contributed by atoms with Crippen LogP contribution in [0.3, 0.4) is 0 Å². The number of carbonyl (C=O) groups is 1. The Morgan fingerprint density at radius 2 is 2.06 bits per heavy atom. The van der Waals surface area contributed by atoms with Gasteiger partial charge in [0, 0.05) is 22.6 Å². The summed E-state index contributed by atoms with van der Waals surface area (Å²) in [6.45, 7) is 6.66. The van der Waals surface area contributed by atoms with Gasteiger partial charge in [0.1, 0.15) is 17.4 Å². The van der Waals surface area contributed by atoms with Gasteiger partial charge < -0.3 is 25.3 Å². The number of carbonyl (C=O) groups excluding carboxylic acids is 1. The molecule has 4 aromatic rings. The van der Waals surface area contributed by atoms with Gasteiger partial charge in [0.15, 0.2) is 11.5 Å². The number of hydrogen-bond donors (Lipinski definition) is 3. The van der Waals surface area contributed by atoms with Gasteiger partial charge in [0.25, 0.3) is 0 Å². The molecule has 9 nitrogen and oxygen atoms in total. The molecule has 0 aliphatic carbocycles. The number of anilines is 1. The molecule has 1 aromatic carbocycles. The lowest BCUT2D eigenvalue weighted by atomic mass is 10.1. The molecule has 0 atom stereocenters. The van der Waals surface area contributed by atoms with Gasteiger partial charge in [-0.15, -0.1) is 0 Å². The second kappa shape index (κ2) is 8.16. The molecule has 0 spiro atoms. The second-order valence-corrected chi connectivity index (χ2v) is 8.75. The molecule has 0 saturated carbocycles. The number of aromatic amines is 1. The Kier molecular flexibility index (Phi) is 5.55. The summed E-state index contributed by atoms with van der Waals surface area (Å²) in [7, 11) is 0. The van der Waals surface area contributed by atoms with Crippen molar-refractivity contribution < 1.29 is 9.53 Å². The first-order valence-electron chi connectivity index (χ1n) is 9.83. The molecule has 3 aromatic heterocycles. The number of nitrogen functional groups attached to an aromatic ring is 1. The third-order valence-corrected chi connectivity index (χ3v) is 4.82. The molecule has 31 heavy (non-hydrogen) atoms. The molecule has 0 unspecified atom stereocenters. The van der Waals surface area contributed by atoms with E-state index in [1.807, 2.05) is 43.5 Å². The van der Waals surface area contributed by atoms with E-state index in [4.69, 9.17) is 22.1 Å². The van der Waals surface area contributed by atoms with Crippen molar-refractivity contribution >= 4 is 45.5 Å². The van der Waals surface area contributed by atoms with E-state index in [2.05, 4.69) is 25.3 Å². The van der Waals surface area contributed by atoms with Crippen molar-refractivity contribution in [3.63, 3.8) is 0 Å². The summed E-state index contributed by atoms with van der Waals surface area (Å²) in [6, 6.07) is 5.83. The molecule has 0 fully saturated rings. The van der Waals surface area contributed by atoms with Crippen LogP contribution in [-0.2, 0) is 22.6 Å². The number of nitrogens with zero attached hydrogens (tertiary/aromatic N) is 4. The van der Waals surface area contributed by atoms with Gasteiger partial charge in [-0.05, 0) is 44.5 Å². The number of aromatic nitrogens is 5. The maximum absolute atomic E-state index is 11.9. The van der Waals surface area contributed by atoms with Gasteiger partial charge in [-0.25, -0.2) is 15.0 Å². The zero-order valence-electron chi connectivity index (χ0n) is 17.6. The third-order valence-electron chi connectivity index (χ3n) is 4.61. The Morgan fingerprint density at radius 3 is 2.84 bits per heavy atom. The molecule has 10 heteroatoms. The van der Waals surface area contributed by atoms with Crippen LogP contribution in [0.25, 0.3) is 22.1 Å². The van der Waals surface area contributed by atoms with Crippen molar-refractivity contribution in [2.24, 2.45) is 0 Å². The molecule has 0 aliphatic heterocycles. The number of halogens is 1. The van der Waals surface area contributed by atoms with Gasteiger partial charge >= 0.3 is 5.97 Å². The predicted molar refractivity (Wildman–Crippen MR) is 120 cm³/mol. The predicted octanol–water partition coefficient (Wildman–Crippen LogP) is 3.02. The van der Waals surface area contributed by atoms with Crippen molar-refractivity contribution in [1.29, 1.82) is 0 Å². The van der Waals surface area contributed by atoms with Crippen molar-refractivity contribution in [2.75, 3.05) is 12.3 Å². The zero-order chi connectivity index (χ0) is 22.2. The smallest absolute Gasteiger partial charge is 0.320 e. The van der Waals surface area contributed by atoms with Crippen LogP contribution in [-0.4, -0.2) is 42.6 Å². The number of H-pyrrole nitrogens is 1. The largest absolute Gasteiger partial charge is 0.459 e. The Morgan fingerprint density at radius 1 is 1.26 bits per heavy atom. The summed E-state index contributed by atoms with van der Waals surface area (Å²) >= 11 is 6.36. The second-order valence-electron chi connectivity index (χ2n) is 8.32. The number of esters is 1. The Balaban J connectivity index is 1.54. The first-order chi connectivity index (χ1) is 14.7. The summed E-state index contributed by atoms with van der Waals surface area (Å²) in [5, 5.41) is 4.72. The monoisotopic (exact) mass is 441 g/mol. The van der Waals surface area contributed by atoms with Crippen LogP contribution in [0.1, 0.15) is 32.0 Å². The molecule has 0 radical (unpaired) electrons. The SMILES string of the molecule is CC(C)(C)OC(=O)CNCc1cc2cc(Cl)cc(Cn3cnc4c(N)ncnc43)c2[nH]1. The number of nitrogens with one attached hydrogen (secondary N) is 2. The molecular formula is C21H24ClN7O2. The van der Waals surface area contributed by atoms with E-state index in [-0.39, 0.29) is 12.5 Å². The van der Waals surface area contributed by atoms with Gasteiger partial charge in [-0.1, -0.05) is 11.6 Å². The summed E-state index contributed by atoms with van der Waals surface area (Å²) in [6.07, 6.45) is 3.11. The van der Waals surface area contributed by atoms with Crippen LogP contribution in [0.4, 0.5) is 5.82 Å². The van der Waals surface area contributed by atoms with Crippen LogP contribution in [0.5, 0.6) is 0 Å². The standard InChI is InChI=1S/C21H24ClN7O2/c1-21(2,3)31-16(30)8-24-7-15-6-12-4-14(22)5-13(17(12)28-15)9-29-11-27-18-19(23)25-10-26-20(18)29/h4-6,10-11,24,28H,7-9H2,1-3H3,(H2,23,25,26). The van der Waals surface area contributed by atoms with Gasteiger partial charge in [-0.3, -0.25) is 4.79 Å². The maximum Gasteiger partial charge on any atom is 0.320 e. The Bertz CT molecular complexity index is 1260. The van der Waals surface area contributed by atoms with E-state index in [1.54, 1.807) is 6.33 Å². The first kappa shape index (κ1) is 21.1. The minimum Gasteiger partial charge on any atom is -0.459 e. The van der Waals surface area contributed by atoms with E-state index in [1.165, 1.54) is 6.33 Å². The molecule has 0 saturated heterocycles. The normalized spacial score (nSPS) is 12.0. The number of fused-ring (bicyclic) bond motifs is 2. The number of hydrogen-bond acceptors (Lipinski definition) is 7. The highest BCUT2D eigenvalue weighted by Crippen LogP contribution is 2.26. The van der Waals surface area contributed by atoms with Gasteiger partial charge in [0.05, 0.1) is 24.9 Å². The van der Waals surface area contributed by atoms with E-state index in [0.29, 0.717) is 35.1 Å². The molecular weight excluding hydrogens is 418 g/mol. The van der Waals surface area contributed by atoms with Crippen LogP contribution >= 0.6 is 11.6 Å². The van der Waals surface area contributed by atoms with Crippen molar-refractivity contribution in [3.05, 3.63) is 47.1 Å². The molecule has 4 N–H and O–H groups in total. The summed E-state index contributed by atoms with van der Waals surface area (Å²) < 4.78 is 7.22. The van der Waals surface area contributed by atoms with Gasteiger partial charge in [-0.2, -0.15) is 0 Å². The lowest BCUT2D eigenvalue weighted by molar-refractivity contribution is -0.153. The van der Waals surface area contributed by atoms with Gasteiger partial charge in [0.2, 0.25) is 0 Å². The van der Waals surface area contributed by atoms with E-state index in [0.717, 1.165) is 22.2 Å². The number of ether oxygens (including phenoxy) is 1. The fourth-order valence-electron chi connectivity index (χ4n) is 3.43. The fraction of sp³-hybridized carbons (Fsp3) is 0.333. The van der Waals surface area contributed by atoms with Crippen LogP contribution in [0, 0.1) is 0 Å². The zero-order valence-corrected chi connectivity index (χ0v) is 18.3. The minimum absolute atomic E-state index is 0.127. The quantitative estimate of drug-likeness (QED) is 0.393. The average Bonchev–Trinajstić information content (AvgIpc) is 3.25. The molecule has 4 rings (SSSR count). The van der Waals surface area contributed by atoms with E-state index < -0.39 is 5.60 Å². The average molecular weight is 442 g/mol. The van der Waals surface area contributed by atoms with E-state index >= 15 is 0 Å². The molecule has 0 amide bonds. The lowest BCUT2D eigenvalue weighted by Gasteiger charge is -2.19. The minimum atomic E-state index is -0.501. The highest BCUT2D eigenvalue weighted by Gasteiger charge is 2.16. The maximum atomic E-state index is 11.9. The van der Waals surface area contributed by atoms with E-state index in [9.17, 15) is 4.79 Å². The Labute approximate surface area is 184 Å². The molecule has 3 heterocycles. The van der Waals surface area contributed by atoms with Crippen molar-refractivity contribution in [2.45, 2.75) is 39.5 Å². The molecule has 0 aliphatic rings.